The summed E-state index contributed by atoms with van der Waals surface area (Å²) in [6.07, 6.45) is 6.67. The summed E-state index contributed by atoms with van der Waals surface area (Å²) < 4.78 is 0. The molecule has 4 aromatic heterocycles. The van der Waals surface area contributed by atoms with Crippen molar-refractivity contribution in [1.82, 2.24) is 35.1 Å². The van der Waals surface area contributed by atoms with Gasteiger partial charge in [-0.2, -0.15) is 0 Å². The van der Waals surface area contributed by atoms with E-state index in [2.05, 4.69) is 45.3 Å². The van der Waals surface area contributed by atoms with E-state index in [0.29, 0.717) is 11.6 Å². The predicted molar refractivity (Wildman–Crippen MR) is 101 cm³/mol. The lowest BCUT2D eigenvalue weighted by Crippen LogP contribution is -2.50. The van der Waals surface area contributed by atoms with Gasteiger partial charge >= 0.3 is 0 Å². The summed E-state index contributed by atoms with van der Waals surface area (Å²) in [4.78, 5) is 21.9. The van der Waals surface area contributed by atoms with Crippen molar-refractivity contribution in [3.05, 3.63) is 49.3 Å². The van der Waals surface area contributed by atoms with E-state index in [1.54, 1.807) is 18.7 Å². The van der Waals surface area contributed by atoms with E-state index in [0.717, 1.165) is 48.0 Å². The molecule has 9 nitrogen and oxygen atoms in total. The molecular weight excluding hydrogens is 342 g/mol. The van der Waals surface area contributed by atoms with Crippen LogP contribution in [0.15, 0.2) is 49.3 Å². The number of nitrogens with one attached hydrogen (secondary N) is 2. The molecule has 0 aliphatic carbocycles. The Bertz CT molecular complexity index is 1040. The van der Waals surface area contributed by atoms with Crippen LogP contribution in [0.25, 0.3) is 22.4 Å². The van der Waals surface area contributed by atoms with E-state index < -0.39 is 0 Å². The van der Waals surface area contributed by atoms with Crippen molar-refractivity contribution in [1.29, 1.82) is 0 Å². The molecule has 0 amide bonds. The highest BCUT2D eigenvalue weighted by atomic mass is 15.3. The minimum atomic E-state index is 0.527. The van der Waals surface area contributed by atoms with Gasteiger partial charge in [-0.05, 0) is 24.3 Å². The summed E-state index contributed by atoms with van der Waals surface area (Å²) >= 11 is 0. The first kappa shape index (κ1) is 15.6. The van der Waals surface area contributed by atoms with Crippen molar-refractivity contribution in [2.24, 2.45) is 5.92 Å². The van der Waals surface area contributed by atoms with Gasteiger partial charge in [0, 0.05) is 43.5 Å². The Balaban J connectivity index is 1.18. The number of anilines is 2. The van der Waals surface area contributed by atoms with Gasteiger partial charge in [-0.15, -0.1) is 10.2 Å². The SMILES string of the molecule is c1cc(-c2ccc(N3CC(CNc4ncnc5nc[nH]c45)C3)nn2)ccn1. The van der Waals surface area contributed by atoms with Crippen molar-refractivity contribution in [3.63, 3.8) is 0 Å². The van der Waals surface area contributed by atoms with Gasteiger partial charge in [0.25, 0.3) is 0 Å². The zero-order valence-corrected chi connectivity index (χ0v) is 14.4. The van der Waals surface area contributed by atoms with Gasteiger partial charge in [0.2, 0.25) is 0 Å². The molecule has 0 aromatic carbocycles. The highest BCUT2D eigenvalue weighted by Gasteiger charge is 2.28. The number of rotatable bonds is 5. The second kappa shape index (κ2) is 6.60. The van der Waals surface area contributed by atoms with Crippen LogP contribution in [0, 0.1) is 5.92 Å². The van der Waals surface area contributed by atoms with Crippen LogP contribution in [0.2, 0.25) is 0 Å². The Labute approximate surface area is 154 Å². The zero-order chi connectivity index (χ0) is 18.1. The first-order valence-electron chi connectivity index (χ1n) is 8.74. The zero-order valence-electron chi connectivity index (χ0n) is 14.4. The van der Waals surface area contributed by atoms with E-state index in [1.165, 1.54) is 6.33 Å². The number of hydrogen-bond donors (Lipinski definition) is 2. The molecule has 0 saturated carbocycles. The Morgan fingerprint density at radius 2 is 1.93 bits per heavy atom. The van der Waals surface area contributed by atoms with Gasteiger partial charge < -0.3 is 15.2 Å². The van der Waals surface area contributed by atoms with Gasteiger partial charge in [-0.25, -0.2) is 15.0 Å². The number of imidazole rings is 1. The van der Waals surface area contributed by atoms with Gasteiger partial charge in [0.05, 0.1) is 12.0 Å². The topological polar surface area (TPSA) is 108 Å². The fraction of sp³-hybridized carbons (Fsp3) is 0.222. The minimum Gasteiger partial charge on any atom is -0.368 e. The molecule has 134 valence electrons. The molecule has 1 saturated heterocycles. The molecule has 1 aliphatic rings. The first-order valence-corrected chi connectivity index (χ1v) is 8.74. The summed E-state index contributed by atoms with van der Waals surface area (Å²) in [6.45, 7) is 2.71. The molecular formula is C18H17N9. The van der Waals surface area contributed by atoms with Crippen LogP contribution in [0.3, 0.4) is 0 Å². The molecule has 27 heavy (non-hydrogen) atoms. The van der Waals surface area contributed by atoms with Crippen molar-refractivity contribution < 1.29 is 0 Å². The molecule has 0 spiro atoms. The molecule has 1 fully saturated rings. The highest BCUT2D eigenvalue weighted by Crippen LogP contribution is 2.25. The van der Waals surface area contributed by atoms with Crippen LogP contribution in [-0.4, -0.2) is 54.8 Å². The van der Waals surface area contributed by atoms with Crippen LogP contribution < -0.4 is 10.2 Å². The van der Waals surface area contributed by atoms with Crippen LogP contribution in [0.5, 0.6) is 0 Å². The predicted octanol–water partition coefficient (Wildman–Crippen LogP) is 1.75. The molecule has 1 aliphatic heterocycles. The monoisotopic (exact) mass is 359 g/mol. The quantitative estimate of drug-likeness (QED) is 0.555. The van der Waals surface area contributed by atoms with Crippen molar-refractivity contribution >= 4 is 22.8 Å². The van der Waals surface area contributed by atoms with Crippen LogP contribution >= 0.6 is 0 Å². The summed E-state index contributed by atoms with van der Waals surface area (Å²) in [5, 5.41) is 12.1. The summed E-state index contributed by atoms with van der Waals surface area (Å²) in [5.74, 6) is 2.22. The number of aromatic amines is 1. The lowest BCUT2D eigenvalue weighted by molar-refractivity contribution is 0.425. The Hall–Kier alpha value is -3.62. The minimum absolute atomic E-state index is 0.527. The average molecular weight is 359 g/mol. The Morgan fingerprint density at radius 1 is 1.04 bits per heavy atom. The molecule has 2 N–H and O–H groups in total. The molecule has 0 atom stereocenters. The van der Waals surface area contributed by atoms with E-state index in [9.17, 15) is 0 Å². The molecule has 4 aromatic rings. The number of hydrogen-bond acceptors (Lipinski definition) is 8. The molecule has 9 heteroatoms. The van der Waals surface area contributed by atoms with Crippen molar-refractivity contribution in [2.45, 2.75) is 0 Å². The molecule has 5 heterocycles. The third kappa shape index (κ3) is 3.03. The molecule has 0 bridgehead atoms. The van der Waals surface area contributed by atoms with Gasteiger partial charge in [-0.1, -0.05) is 0 Å². The van der Waals surface area contributed by atoms with Crippen LogP contribution in [0.4, 0.5) is 11.6 Å². The first-order chi connectivity index (χ1) is 13.4. The molecule has 0 unspecified atom stereocenters. The lowest BCUT2D eigenvalue weighted by Gasteiger charge is -2.40. The maximum atomic E-state index is 4.37. The largest absolute Gasteiger partial charge is 0.368 e. The second-order valence-corrected chi connectivity index (χ2v) is 6.49. The summed E-state index contributed by atoms with van der Waals surface area (Å²) in [7, 11) is 0. The van der Waals surface area contributed by atoms with E-state index in [-0.39, 0.29) is 0 Å². The summed E-state index contributed by atoms with van der Waals surface area (Å²) in [5.41, 5.74) is 3.38. The Morgan fingerprint density at radius 3 is 2.74 bits per heavy atom. The third-order valence-corrected chi connectivity index (χ3v) is 4.69. The number of nitrogens with zero attached hydrogens (tertiary/aromatic N) is 7. The van der Waals surface area contributed by atoms with Crippen LogP contribution in [0.1, 0.15) is 0 Å². The fourth-order valence-electron chi connectivity index (χ4n) is 3.20. The van der Waals surface area contributed by atoms with Gasteiger partial charge in [0.1, 0.15) is 11.8 Å². The second-order valence-electron chi connectivity index (χ2n) is 6.49. The number of pyridine rings is 1. The molecule has 5 rings (SSSR count). The molecule has 0 radical (unpaired) electrons. The maximum absolute atomic E-state index is 4.37. The normalized spacial score (nSPS) is 14.3. The third-order valence-electron chi connectivity index (χ3n) is 4.69. The standard InChI is InChI=1S/C18H17N9/c1-2-15(26-25-14(1)13-3-5-19-6-4-13)27-8-12(9-27)7-20-17-16-18(22-10-21-16)24-11-23-17/h1-6,10-12H,7-9H2,(H2,20,21,22,23,24). The van der Waals surface area contributed by atoms with Crippen molar-refractivity contribution in [3.8, 4) is 11.3 Å². The lowest BCUT2D eigenvalue weighted by atomic mass is 10.0. The van der Waals surface area contributed by atoms with Crippen LogP contribution in [-0.2, 0) is 0 Å². The van der Waals surface area contributed by atoms with E-state index >= 15 is 0 Å². The van der Waals surface area contributed by atoms with Crippen molar-refractivity contribution in [2.75, 3.05) is 29.9 Å². The van der Waals surface area contributed by atoms with E-state index in [4.69, 9.17) is 0 Å². The highest BCUT2D eigenvalue weighted by molar-refractivity contribution is 5.81. The Kier molecular flexibility index (Phi) is 3.82. The number of fused-ring (bicyclic) bond motifs is 1. The smallest absolute Gasteiger partial charge is 0.182 e. The van der Waals surface area contributed by atoms with Gasteiger partial charge in [-0.3, -0.25) is 4.98 Å². The van der Waals surface area contributed by atoms with Gasteiger partial charge in [0.15, 0.2) is 17.3 Å². The fourth-order valence-corrected chi connectivity index (χ4v) is 3.20. The summed E-state index contributed by atoms with van der Waals surface area (Å²) in [6, 6.07) is 7.88. The number of aromatic nitrogens is 7. The average Bonchev–Trinajstić information content (AvgIpc) is 3.17. The maximum Gasteiger partial charge on any atom is 0.182 e. The number of H-pyrrole nitrogens is 1. The van der Waals surface area contributed by atoms with E-state index in [1.807, 2.05) is 24.3 Å².